The smallest absolute Gasteiger partial charge is 0.364 e. The van der Waals surface area contributed by atoms with Crippen LogP contribution in [-0.4, -0.2) is 215 Å². The van der Waals surface area contributed by atoms with Gasteiger partial charge in [0, 0.05) is 19.8 Å². The maximum absolute atomic E-state index is 13.6. The van der Waals surface area contributed by atoms with Crippen molar-refractivity contribution >= 4 is 17.8 Å². The molecule has 0 saturated carbocycles. The number of nitrogens with one attached hydrogen (secondary N) is 2. The summed E-state index contributed by atoms with van der Waals surface area (Å²) in [5, 5.41) is 137. The van der Waals surface area contributed by atoms with Gasteiger partial charge in [-0.3, -0.25) is 9.59 Å². The molecule has 3 aliphatic rings. The fraction of sp³-hybridized carbons (Fsp3) is 0.916. The molecule has 0 aromatic carbocycles. The van der Waals surface area contributed by atoms with E-state index in [2.05, 4.69) is 48.8 Å². The second-order valence-corrected chi connectivity index (χ2v) is 31.0. The molecule has 3 rings (SSSR count). The zero-order chi connectivity index (χ0) is 77.4. The lowest BCUT2D eigenvalue weighted by Crippen LogP contribution is -2.70. The average Bonchev–Trinajstić information content (AvgIpc) is 0.754. The van der Waals surface area contributed by atoms with Crippen LogP contribution < -0.4 is 10.6 Å². The molecule has 0 spiro atoms. The lowest BCUT2D eigenvalue weighted by Gasteiger charge is -2.50. The Morgan fingerprint density at radius 1 is 0.491 bits per heavy atom. The Hall–Kier alpha value is -2.79. The van der Waals surface area contributed by atoms with Crippen LogP contribution in [-0.2, 0) is 42.8 Å². The molecule has 18 atom stereocenters. The van der Waals surface area contributed by atoms with Crippen LogP contribution in [0.4, 0.5) is 0 Å². The molecular formula is C83H154N2O21. The number of carbonyl (C=O) groups is 3. The van der Waals surface area contributed by atoms with E-state index in [1.165, 1.54) is 238 Å². The molecule has 23 heteroatoms. The predicted octanol–water partition coefficient (Wildman–Crippen LogP) is 12.3. The Bertz CT molecular complexity index is 2200. The van der Waals surface area contributed by atoms with Gasteiger partial charge in [0.2, 0.25) is 11.8 Å². The van der Waals surface area contributed by atoms with E-state index in [-0.39, 0.29) is 18.9 Å². The summed E-state index contributed by atoms with van der Waals surface area (Å²) in [7, 11) is 0. The molecule has 0 radical (unpaired) electrons. The van der Waals surface area contributed by atoms with Crippen LogP contribution in [0.3, 0.4) is 0 Å². The van der Waals surface area contributed by atoms with E-state index in [0.717, 1.165) is 64.7 Å². The Kier molecular flexibility index (Phi) is 56.7. The van der Waals surface area contributed by atoms with Crippen LogP contribution in [0, 0.1) is 0 Å². The van der Waals surface area contributed by atoms with Crippen LogP contribution in [0.25, 0.3) is 0 Å². The summed E-state index contributed by atoms with van der Waals surface area (Å²) in [5.74, 6) is -6.09. The maximum Gasteiger partial charge on any atom is 0.364 e. The van der Waals surface area contributed by atoms with E-state index in [9.17, 15) is 75.7 Å². The molecule has 622 valence electrons. The number of carboxylic acid groups (broad SMARTS) is 1. The van der Waals surface area contributed by atoms with Gasteiger partial charge in [-0.1, -0.05) is 308 Å². The first-order valence-corrected chi connectivity index (χ1v) is 42.7. The fourth-order valence-corrected chi connectivity index (χ4v) is 14.9. The topological polar surface area (TPSA) is 373 Å². The molecule has 18 unspecified atom stereocenters. The minimum atomic E-state index is -3.08. The molecule has 23 nitrogen and oxygen atoms in total. The highest BCUT2D eigenvalue weighted by atomic mass is 16.8. The molecule has 0 aromatic rings. The van der Waals surface area contributed by atoms with Gasteiger partial charge in [-0.05, 0) is 44.9 Å². The third kappa shape index (κ3) is 41.1. The summed E-state index contributed by atoms with van der Waals surface area (Å²) in [6.45, 7) is 2.26. The van der Waals surface area contributed by atoms with Crippen molar-refractivity contribution in [2.45, 2.75) is 458 Å². The van der Waals surface area contributed by atoms with E-state index >= 15 is 0 Å². The summed E-state index contributed by atoms with van der Waals surface area (Å²) in [4.78, 5) is 38.8. The Labute approximate surface area is 638 Å². The second-order valence-electron chi connectivity index (χ2n) is 31.0. The van der Waals surface area contributed by atoms with Gasteiger partial charge in [0.15, 0.2) is 12.6 Å². The van der Waals surface area contributed by atoms with Crippen molar-refractivity contribution in [3.8, 4) is 0 Å². The second kappa shape index (κ2) is 61.8. The number of hydrogen-bond acceptors (Lipinski definition) is 20. The summed E-state index contributed by atoms with van der Waals surface area (Å²) in [5.41, 5.74) is 0. The minimum Gasteiger partial charge on any atom is -0.477 e. The average molecular weight is 1520 g/mol. The van der Waals surface area contributed by atoms with Gasteiger partial charge in [0.05, 0.1) is 50.7 Å². The lowest BCUT2D eigenvalue weighted by molar-refractivity contribution is -0.386. The fourth-order valence-electron chi connectivity index (χ4n) is 14.9. The third-order valence-corrected chi connectivity index (χ3v) is 21.7. The van der Waals surface area contributed by atoms with E-state index in [1.54, 1.807) is 0 Å². The lowest BCUT2D eigenvalue weighted by atomic mass is 9.88. The van der Waals surface area contributed by atoms with Crippen molar-refractivity contribution < 1.29 is 104 Å². The van der Waals surface area contributed by atoms with Gasteiger partial charge >= 0.3 is 5.97 Å². The SMILES string of the molecule is CCCCCCCCCCC/C=C\C/C=C\CCCCCCCCCCCCCCCCCC(=O)NC(COC1OC(CO)C(OC2OC(CO)C(O)C(OC3(C(=O)O)CC(O)C(NC(C)=O)C(C(O)C(O)CO)O3)C2O)C(O)C1O)C(O)CCCCCCCCCCCCCCCCCCCCCCC. The molecule has 14 N–H and O–H groups in total. The quantitative estimate of drug-likeness (QED) is 0.0199. The Morgan fingerprint density at radius 2 is 0.906 bits per heavy atom. The Morgan fingerprint density at radius 3 is 1.32 bits per heavy atom. The number of aliphatic hydroxyl groups is 11. The van der Waals surface area contributed by atoms with Crippen molar-refractivity contribution in [1.82, 2.24) is 10.6 Å². The van der Waals surface area contributed by atoms with E-state index in [1.807, 2.05) is 0 Å². The highest BCUT2D eigenvalue weighted by molar-refractivity contribution is 5.77. The standard InChI is InChI=1S/C83H154N2O21/c1-4-6-8-10-12-14-16-18-20-22-24-26-27-28-29-30-31-32-33-34-35-37-39-41-43-45-47-49-51-53-55-57-70(93)85-64(65(90)56-54-52-50-48-46-44-42-40-38-36-25-23-21-19-17-15-13-11-9-7-5-2)62-101-80-75(97)74(96)77(69(61-88)103-80)104-81-76(98)79(73(95)68(60-87)102-81)106-83(82(99)100)58-66(91)71(84-63(3)89)78(105-83)72(94)67(92)59-86/h24,26,28-29,64-69,71-81,86-88,90-92,94-98H,4-23,25,27,30-62H2,1-3H3,(H,84,89)(H,85,93)(H,99,100)/b26-24-,29-28-. The van der Waals surface area contributed by atoms with Crippen molar-refractivity contribution in [3.05, 3.63) is 24.3 Å². The molecule has 3 heterocycles. The third-order valence-electron chi connectivity index (χ3n) is 21.7. The van der Waals surface area contributed by atoms with Crippen molar-refractivity contribution in [2.24, 2.45) is 0 Å². The number of hydrogen-bond donors (Lipinski definition) is 14. The van der Waals surface area contributed by atoms with Gasteiger partial charge in [0.25, 0.3) is 5.79 Å². The Balaban J connectivity index is 1.47. The number of aliphatic carboxylic acids is 1. The van der Waals surface area contributed by atoms with Crippen molar-refractivity contribution in [3.63, 3.8) is 0 Å². The monoisotopic (exact) mass is 1520 g/mol. The molecule has 0 aromatic heterocycles. The number of unbranched alkanes of at least 4 members (excludes halogenated alkanes) is 44. The minimum absolute atomic E-state index is 0.225. The van der Waals surface area contributed by atoms with Gasteiger partial charge < -0.3 is 100 Å². The van der Waals surface area contributed by atoms with E-state index in [4.69, 9.17) is 28.4 Å². The van der Waals surface area contributed by atoms with Gasteiger partial charge in [-0.15, -0.1) is 0 Å². The van der Waals surface area contributed by atoms with E-state index in [0.29, 0.717) is 19.3 Å². The van der Waals surface area contributed by atoms with Crippen molar-refractivity contribution in [2.75, 3.05) is 26.4 Å². The zero-order valence-electron chi connectivity index (χ0n) is 66.1. The molecule has 3 saturated heterocycles. The number of rotatable bonds is 68. The predicted molar refractivity (Wildman–Crippen MR) is 412 cm³/mol. The summed E-state index contributed by atoms with van der Waals surface area (Å²) < 4.78 is 35.0. The number of ether oxygens (including phenoxy) is 6. The van der Waals surface area contributed by atoms with Gasteiger partial charge in [0.1, 0.15) is 67.1 Å². The highest BCUT2D eigenvalue weighted by Crippen LogP contribution is 2.39. The zero-order valence-corrected chi connectivity index (χ0v) is 66.1. The first-order valence-electron chi connectivity index (χ1n) is 42.7. The highest BCUT2D eigenvalue weighted by Gasteiger charge is 2.60. The van der Waals surface area contributed by atoms with Gasteiger partial charge in [-0.25, -0.2) is 4.79 Å². The molecule has 106 heavy (non-hydrogen) atoms. The molecule has 0 bridgehead atoms. The van der Waals surface area contributed by atoms with Crippen LogP contribution in [0.2, 0.25) is 0 Å². The first kappa shape index (κ1) is 97.4. The summed E-state index contributed by atoms with van der Waals surface area (Å²) in [6.07, 6.45) is 40.3. The van der Waals surface area contributed by atoms with Crippen molar-refractivity contribution in [1.29, 1.82) is 0 Å². The van der Waals surface area contributed by atoms with Crippen LogP contribution >= 0.6 is 0 Å². The number of allylic oxidation sites excluding steroid dienone is 4. The first-order chi connectivity index (χ1) is 51.4. The molecular weight excluding hydrogens is 1360 g/mol. The maximum atomic E-state index is 13.6. The van der Waals surface area contributed by atoms with E-state index < -0.39 is 148 Å². The summed E-state index contributed by atoms with van der Waals surface area (Å²) in [6, 6.07) is -2.53. The number of aliphatic hydroxyl groups excluding tert-OH is 11. The summed E-state index contributed by atoms with van der Waals surface area (Å²) >= 11 is 0. The molecule has 2 amide bonds. The number of carbonyl (C=O) groups excluding carboxylic acids is 2. The number of carboxylic acids is 1. The number of amides is 2. The van der Waals surface area contributed by atoms with Crippen LogP contribution in [0.5, 0.6) is 0 Å². The normalized spacial score (nSPS) is 26.2. The van der Waals surface area contributed by atoms with Crippen LogP contribution in [0.15, 0.2) is 24.3 Å². The largest absolute Gasteiger partial charge is 0.477 e. The molecule has 3 aliphatic heterocycles. The van der Waals surface area contributed by atoms with Crippen LogP contribution in [0.1, 0.15) is 348 Å². The molecule has 3 fully saturated rings. The molecule has 0 aliphatic carbocycles. The van der Waals surface area contributed by atoms with Gasteiger partial charge in [-0.2, -0.15) is 0 Å².